The third-order valence-electron chi connectivity index (χ3n) is 3.81. The summed E-state index contributed by atoms with van der Waals surface area (Å²) < 4.78 is 1.88. The maximum absolute atomic E-state index is 4.57. The van der Waals surface area contributed by atoms with Crippen LogP contribution in [0.5, 0.6) is 0 Å². The highest BCUT2D eigenvalue weighted by molar-refractivity contribution is 5.85. The molecule has 0 spiro atoms. The van der Waals surface area contributed by atoms with E-state index in [9.17, 15) is 0 Å². The van der Waals surface area contributed by atoms with Crippen molar-refractivity contribution in [2.24, 2.45) is 5.92 Å². The lowest BCUT2D eigenvalue weighted by Gasteiger charge is -2.13. The van der Waals surface area contributed by atoms with Crippen molar-refractivity contribution in [2.75, 3.05) is 13.1 Å². The summed E-state index contributed by atoms with van der Waals surface area (Å²) in [5.74, 6) is 2.23. The Kier molecular flexibility index (Phi) is 5.74. The van der Waals surface area contributed by atoms with Gasteiger partial charge in [0.25, 0.3) is 5.78 Å². The Hall–Kier alpha value is -0.910. The van der Waals surface area contributed by atoms with E-state index in [1.807, 2.05) is 11.4 Å². The lowest BCUT2D eigenvalue weighted by Crippen LogP contribution is -2.14. The van der Waals surface area contributed by atoms with Crippen molar-refractivity contribution in [3.05, 3.63) is 22.8 Å². The summed E-state index contributed by atoms with van der Waals surface area (Å²) in [6.07, 6.45) is 2.35. The quantitative estimate of drug-likeness (QED) is 0.921. The van der Waals surface area contributed by atoms with Crippen molar-refractivity contribution in [2.45, 2.75) is 33.6 Å². The maximum Gasteiger partial charge on any atom is 0.252 e. The van der Waals surface area contributed by atoms with Crippen LogP contribution in [0, 0.1) is 26.7 Å². The molecule has 2 aromatic heterocycles. The highest BCUT2D eigenvalue weighted by atomic mass is 35.5. The average Bonchev–Trinajstić information content (AvgIpc) is 2.93. The summed E-state index contributed by atoms with van der Waals surface area (Å²) in [7, 11) is 0. The van der Waals surface area contributed by atoms with Crippen LogP contribution in [-0.2, 0) is 6.42 Å². The predicted molar refractivity (Wildman–Crippen MR) is 84.2 cm³/mol. The molecule has 2 aromatic rings. The molecule has 3 heterocycles. The second-order valence-corrected chi connectivity index (χ2v) is 5.19. The number of rotatable bonds is 2. The summed E-state index contributed by atoms with van der Waals surface area (Å²) >= 11 is 0. The van der Waals surface area contributed by atoms with Gasteiger partial charge in [-0.1, -0.05) is 0 Å². The molecule has 0 bridgehead atoms. The Labute approximate surface area is 131 Å². The Morgan fingerprint density at radius 2 is 1.95 bits per heavy atom. The minimum atomic E-state index is 0. The fourth-order valence-corrected chi connectivity index (χ4v) is 2.78. The molecule has 0 radical (unpaired) electrons. The van der Waals surface area contributed by atoms with E-state index < -0.39 is 0 Å². The van der Waals surface area contributed by atoms with Crippen LogP contribution in [0.15, 0.2) is 0 Å². The highest BCUT2D eigenvalue weighted by Crippen LogP contribution is 2.20. The standard InChI is InChI=1S/C13H19N5.2ClH/c1-8-12(6-11-4-5-14-7-11)9(2)18-13(15-8)16-10(3)17-18;;/h11,14H,4-7H2,1-3H3;2*1H/t11-;;/m0../s1. The Morgan fingerprint density at radius 3 is 2.60 bits per heavy atom. The molecule has 5 nitrogen and oxygen atoms in total. The molecule has 1 saturated heterocycles. The van der Waals surface area contributed by atoms with E-state index in [2.05, 4.69) is 34.2 Å². The molecule has 0 aromatic carbocycles. The lowest BCUT2D eigenvalue weighted by atomic mass is 9.97. The van der Waals surface area contributed by atoms with Crippen molar-refractivity contribution in [3.63, 3.8) is 0 Å². The fourth-order valence-electron chi connectivity index (χ4n) is 2.78. The summed E-state index contributed by atoms with van der Waals surface area (Å²) in [4.78, 5) is 8.90. The first-order valence-electron chi connectivity index (χ1n) is 6.55. The van der Waals surface area contributed by atoms with Crippen molar-refractivity contribution in [1.82, 2.24) is 24.9 Å². The van der Waals surface area contributed by atoms with Gasteiger partial charge < -0.3 is 5.32 Å². The molecule has 20 heavy (non-hydrogen) atoms. The van der Waals surface area contributed by atoms with Crippen LogP contribution in [0.25, 0.3) is 5.78 Å². The number of hydrogen-bond acceptors (Lipinski definition) is 4. The van der Waals surface area contributed by atoms with Gasteiger partial charge in [0.05, 0.1) is 0 Å². The Balaban J connectivity index is 0.000001000. The van der Waals surface area contributed by atoms with Gasteiger partial charge in [-0.3, -0.25) is 0 Å². The lowest BCUT2D eigenvalue weighted by molar-refractivity contribution is 0.571. The van der Waals surface area contributed by atoms with Crippen LogP contribution in [0.2, 0.25) is 0 Å². The maximum atomic E-state index is 4.57. The van der Waals surface area contributed by atoms with Crippen LogP contribution < -0.4 is 5.32 Å². The van der Waals surface area contributed by atoms with E-state index >= 15 is 0 Å². The molecule has 1 N–H and O–H groups in total. The molecule has 3 rings (SSSR count). The van der Waals surface area contributed by atoms with Crippen LogP contribution >= 0.6 is 24.8 Å². The third kappa shape index (κ3) is 3.05. The van der Waals surface area contributed by atoms with E-state index in [1.165, 1.54) is 17.7 Å². The van der Waals surface area contributed by atoms with Crippen molar-refractivity contribution in [3.8, 4) is 0 Å². The number of halogens is 2. The normalized spacial score (nSPS) is 17.9. The number of nitrogens with one attached hydrogen (secondary N) is 1. The molecule has 1 aliphatic rings. The van der Waals surface area contributed by atoms with Gasteiger partial charge in [0, 0.05) is 11.4 Å². The van der Waals surface area contributed by atoms with Crippen LogP contribution in [0.4, 0.5) is 0 Å². The SMILES string of the molecule is Cc1nc2nc(C)c(C[C@@H]3CCNC3)c(C)n2n1.Cl.Cl. The van der Waals surface area contributed by atoms with Crippen molar-refractivity contribution >= 4 is 30.6 Å². The summed E-state index contributed by atoms with van der Waals surface area (Å²) in [5.41, 5.74) is 3.62. The van der Waals surface area contributed by atoms with Crippen LogP contribution in [0.3, 0.4) is 0 Å². The zero-order valence-corrected chi connectivity index (χ0v) is 13.6. The fraction of sp³-hybridized carbons (Fsp3) is 0.615. The molecule has 0 unspecified atom stereocenters. The van der Waals surface area contributed by atoms with Crippen LogP contribution in [0.1, 0.15) is 29.2 Å². The Bertz CT molecular complexity index is 590. The van der Waals surface area contributed by atoms with Crippen molar-refractivity contribution in [1.29, 1.82) is 0 Å². The largest absolute Gasteiger partial charge is 0.316 e. The van der Waals surface area contributed by atoms with Gasteiger partial charge in [-0.05, 0) is 58.2 Å². The highest BCUT2D eigenvalue weighted by Gasteiger charge is 2.19. The molecule has 1 fully saturated rings. The molecule has 0 saturated carbocycles. The summed E-state index contributed by atoms with van der Waals surface area (Å²) in [5, 5.41) is 7.83. The topological polar surface area (TPSA) is 55.1 Å². The summed E-state index contributed by atoms with van der Waals surface area (Å²) in [6, 6.07) is 0. The second-order valence-electron chi connectivity index (χ2n) is 5.19. The number of hydrogen-bond donors (Lipinski definition) is 1. The van der Waals surface area contributed by atoms with Gasteiger partial charge in [-0.15, -0.1) is 24.8 Å². The average molecular weight is 318 g/mol. The first-order chi connectivity index (χ1) is 8.65. The first-order valence-corrected chi connectivity index (χ1v) is 6.55. The van der Waals surface area contributed by atoms with Gasteiger partial charge >= 0.3 is 0 Å². The first kappa shape index (κ1) is 17.1. The monoisotopic (exact) mass is 317 g/mol. The van der Waals surface area contributed by atoms with E-state index in [0.29, 0.717) is 0 Å². The van der Waals surface area contributed by atoms with Gasteiger partial charge in [-0.2, -0.15) is 10.1 Å². The summed E-state index contributed by atoms with van der Waals surface area (Å²) in [6.45, 7) is 8.36. The van der Waals surface area contributed by atoms with Gasteiger partial charge in [0.15, 0.2) is 0 Å². The smallest absolute Gasteiger partial charge is 0.252 e. The van der Waals surface area contributed by atoms with E-state index in [1.54, 1.807) is 0 Å². The van der Waals surface area contributed by atoms with Crippen LogP contribution in [-0.4, -0.2) is 32.7 Å². The van der Waals surface area contributed by atoms with Crippen molar-refractivity contribution < 1.29 is 0 Å². The van der Waals surface area contributed by atoms with Gasteiger partial charge in [-0.25, -0.2) is 9.50 Å². The number of fused-ring (bicyclic) bond motifs is 1. The van der Waals surface area contributed by atoms with Gasteiger partial charge in [0.1, 0.15) is 5.82 Å². The molecule has 1 atom stereocenters. The van der Waals surface area contributed by atoms with E-state index in [4.69, 9.17) is 0 Å². The van der Waals surface area contributed by atoms with Gasteiger partial charge in [0.2, 0.25) is 0 Å². The molecule has 7 heteroatoms. The third-order valence-corrected chi connectivity index (χ3v) is 3.81. The number of nitrogens with zero attached hydrogens (tertiary/aromatic N) is 4. The molecular weight excluding hydrogens is 297 g/mol. The minimum Gasteiger partial charge on any atom is -0.316 e. The molecule has 0 amide bonds. The minimum absolute atomic E-state index is 0. The van der Waals surface area contributed by atoms with E-state index in [-0.39, 0.29) is 24.8 Å². The second kappa shape index (κ2) is 6.70. The molecule has 1 aliphatic heterocycles. The molecule has 0 aliphatic carbocycles. The zero-order valence-electron chi connectivity index (χ0n) is 12.0. The zero-order chi connectivity index (χ0) is 12.7. The predicted octanol–water partition coefficient (Wildman–Crippen LogP) is 2.05. The Morgan fingerprint density at radius 1 is 1.20 bits per heavy atom. The molecular formula is C13H21Cl2N5. The number of aromatic nitrogens is 4. The van der Waals surface area contributed by atoms with E-state index in [0.717, 1.165) is 42.7 Å². The number of aryl methyl sites for hydroxylation is 3. The molecule has 112 valence electrons.